The third-order valence-electron chi connectivity index (χ3n) is 9.42. The van der Waals surface area contributed by atoms with Crippen molar-refractivity contribution in [1.82, 2.24) is 30.2 Å². The number of carbonyl (C=O) groups is 3. The van der Waals surface area contributed by atoms with Crippen molar-refractivity contribution in [3.05, 3.63) is 24.8 Å². The average Bonchev–Trinajstić information content (AvgIpc) is 3.76. The number of unbranched alkanes of at least 4 members (excludes halogenated alkanes) is 7. The molecular weight excluding hydrogens is 915 g/mol. The summed E-state index contributed by atoms with van der Waals surface area (Å²) in [6.45, 7) is 2.69. The third-order valence-corrected chi connectivity index (χ3v) is 13.5. The first-order valence-corrected chi connectivity index (χ1v) is 25.8. The molecule has 63 heavy (non-hydrogen) atoms. The molecule has 7 atom stereocenters. The quantitative estimate of drug-likeness (QED) is 0.0308. The molecule has 3 rings (SSSR count). The van der Waals surface area contributed by atoms with E-state index in [-0.39, 0.29) is 41.6 Å². The molecule has 358 valence electrons. The van der Waals surface area contributed by atoms with Crippen molar-refractivity contribution in [2.75, 3.05) is 37.8 Å². The second-order valence-electron chi connectivity index (χ2n) is 15.2. The van der Waals surface area contributed by atoms with Crippen LogP contribution >= 0.6 is 35.2 Å². The van der Waals surface area contributed by atoms with E-state index in [2.05, 4.69) is 53.5 Å². The lowest BCUT2D eigenvalue weighted by Crippen LogP contribution is -2.46. The Labute approximate surface area is 368 Å². The van der Waals surface area contributed by atoms with E-state index in [0.29, 0.717) is 12.2 Å². The van der Waals surface area contributed by atoms with Crippen LogP contribution in [0.5, 0.6) is 0 Å². The van der Waals surface area contributed by atoms with Gasteiger partial charge in [-0.05, 0) is 25.7 Å². The molecule has 0 saturated carbocycles. The lowest BCUT2D eigenvalue weighted by molar-refractivity contribution is -0.137. The highest BCUT2D eigenvalue weighted by Gasteiger charge is 2.50. The molecule has 2 unspecified atom stereocenters. The van der Waals surface area contributed by atoms with E-state index in [1.165, 1.54) is 33.1 Å². The highest BCUT2D eigenvalue weighted by Crippen LogP contribution is 2.61. The monoisotopic (exact) mass is 975 g/mol. The number of phosphoric ester groups is 3. The number of nitrogen functional groups attached to an aromatic ring is 1. The molecule has 0 aliphatic carbocycles. The van der Waals surface area contributed by atoms with Crippen molar-refractivity contribution in [3.63, 3.8) is 0 Å². The van der Waals surface area contributed by atoms with Gasteiger partial charge >= 0.3 is 23.5 Å². The third kappa shape index (κ3) is 19.4. The summed E-state index contributed by atoms with van der Waals surface area (Å²) in [5.41, 5.74) is 4.28. The van der Waals surface area contributed by atoms with Crippen LogP contribution in [0.1, 0.15) is 97.6 Å². The van der Waals surface area contributed by atoms with Gasteiger partial charge in [-0.25, -0.2) is 28.6 Å². The molecule has 1 fully saturated rings. The summed E-state index contributed by atoms with van der Waals surface area (Å²) in [4.78, 5) is 88.1. The van der Waals surface area contributed by atoms with Gasteiger partial charge in [0.15, 0.2) is 22.8 Å². The van der Waals surface area contributed by atoms with Crippen LogP contribution in [0.4, 0.5) is 5.82 Å². The van der Waals surface area contributed by atoms with Gasteiger partial charge in [0.1, 0.15) is 36.3 Å². The van der Waals surface area contributed by atoms with Crippen LogP contribution < -0.4 is 16.4 Å². The Morgan fingerprint density at radius 2 is 1.62 bits per heavy atom. The van der Waals surface area contributed by atoms with Crippen molar-refractivity contribution in [3.8, 4) is 0 Å². The summed E-state index contributed by atoms with van der Waals surface area (Å²) < 4.78 is 62.3. The number of nitrogens with two attached hydrogens (primary N) is 1. The van der Waals surface area contributed by atoms with Crippen molar-refractivity contribution in [2.24, 2.45) is 5.41 Å². The summed E-state index contributed by atoms with van der Waals surface area (Å²) in [7, 11) is -16.4. The second-order valence-corrected chi connectivity index (χ2v) is 20.6. The number of aliphatic hydroxyl groups is 2. The normalized spacial score (nSPS) is 20.7. The van der Waals surface area contributed by atoms with E-state index in [4.69, 9.17) is 19.5 Å². The number of aromatic nitrogens is 4. The summed E-state index contributed by atoms with van der Waals surface area (Å²) in [6, 6.07) is 0. The molecule has 1 aliphatic heterocycles. The van der Waals surface area contributed by atoms with Gasteiger partial charge < -0.3 is 50.9 Å². The van der Waals surface area contributed by atoms with Crippen LogP contribution in [-0.4, -0.2) is 123 Å². The number of nitrogens with zero attached hydrogens (tertiary/aromatic N) is 4. The number of carbonyl (C=O) groups excluding carboxylic acids is 3. The Kier molecular flexibility index (Phi) is 22.4. The number of ether oxygens (including phenoxy) is 1. The lowest BCUT2D eigenvalue weighted by Gasteiger charge is -2.30. The van der Waals surface area contributed by atoms with Crippen molar-refractivity contribution in [2.45, 2.75) is 122 Å². The van der Waals surface area contributed by atoms with Gasteiger partial charge in [-0.15, -0.1) is 0 Å². The zero-order valence-electron chi connectivity index (χ0n) is 35.3. The first-order valence-electron chi connectivity index (χ1n) is 20.3. The van der Waals surface area contributed by atoms with E-state index < -0.39 is 84.6 Å². The molecule has 0 spiro atoms. The number of aliphatic hydroxyl groups excluding tert-OH is 2. The first kappa shape index (κ1) is 54.6. The number of phosphoric acid groups is 3. The van der Waals surface area contributed by atoms with Crippen LogP contribution in [0.25, 0.3) is 11.2 Å². The maximum atomic E-state index is 12.7. The first-order chi connectivity index (χ1) is 29.6. The fourth-order valence-corrected chi connectivity index (χ4v) is 9.62. The minimum Gasteiger partial charge on any atom is -0.386 e. The van der Waals surface area contributed by atoms with E-state index in [1.54, 1.807) is 0 Å². The number of fused-ring (bicyclic) bond motifs is 1. The number of amides is 2. The number of hydrogen-bond donors (Lipinski definition) is 9. The van der Waals surface area contributed by atoms with Crippen LogP contribution in [0.15, 0.2) is 24.8 Å². The molecular formula is C35H60N7O17P3S. The van der Waals surface area contributed by atoms with E-state index in [9.17, 15) is 57.9 Å². The molecule has 2 aromatic heterocycles. The number of hydrogen-bond acceptors (Lipinski definition) is 18. The van der Waals surface area contributed by atoms with Crippen LogP contribution in [0, 0.1) is 5.41 Å². The van der Waals surface area contributed by atoms with Crippen LogP contribution in [-0.2, 0) is 50.7 Å². The van der Waals surface area contributed by atoms with E-state index >= 15 is 0 Å². The van der Waals surface area contributed by atoms with Crippen molar-refractivity contribution >= 4 is 69.1 Å². The van der Waals surface area contributed by atoms with Gasteiger partial charge in [0.25, 0.3) is 0 Å². The Hall–Kier alpha value is -2.70. The number of allylic oxidation sites excluding steroid dienone is 2. The number of imidazole rings is 1. The highest BCUT2D eigenvalue weighted by molar-refractivity contribution is 8.13. The molecule has 10 N–H and O–H groups in total. The molecule has 0 radical (unpaired) electrons. The maximum absolute atomic E-state index is 12.7. The largest absolute Gasteiger partial charge is 0.481 e. The fraction of sp³-hybridized carbons (Fsp3) is 0.714. The van der Waals surface area contributed by atoms with Gasteiger partial charge in [-0.2, -0.15) is 4.31 Å². The molecule has 0 bridgehead atoms. The number of anilines is 1. The predicted molar refractivity (Wildman–Crippen MR) is 228 cm³/mol. The standard InChI is InChI=1S/C35H60N7O17P3S/c1-4-5-6-7-8-9-10-11-12-13-14-15-26(44)63-19-18-37-25(43)16-17-38-33(47)30(46)35(2,3)21-56-62(53,54)59-61(51,52)55-20-24-29(58-60(48,49)50)28(45)34(57-24)42-23-41-27-31(36)39-22-40-32(27)42/h5-6,22-24,28-30,34,45-46H,4,7-21H2,1-3H3,(H,37,43)(H,38,47)(H,51,52)(H,53,54)(H2,36,39,40)(H2,48,49,50)/b6-5+/t24-,28-,29-,30+,34-/m1/s1. The lowest BCUT2D eigenvalue weighted by atomic mass is 9.87. The maximum Gasteiger partial charge on any atom is 0.481 e. The molecule has 3 heterocycles. The molecule has 1 saturated heterocycles. The highest BCUT2D eigenvalue weighted by atomic mass is 32.2. The van der Waals surface area contributed by atoms with E-state index in [1.807, 2.05) is 0 Å². The zero-order chi connectivity index (χ0) is 46.8. The van der Waals surface area contributed by atoms with Gasteiger partial charge in [0.05, 0.1) is 19.5 Å². The molecule has 0 aromatic carbocycles. The van der Waals surface area contributed by atoms with Gasteiger partial charge in [-0.3, -0.25) is 32.5 Å². The molecule has 1 aliphatic rings. The summed E-state index contributed by atoms with van der Waals surface area (Å²) in [5.74, 6) is -1.03. The summed E-state index contributed by atoms with van der Waals surface area (Å²) >= 11 is 1.15. The van der Waals surface area contributed by atoms with Crippen LogP contribution in [0.2, 0.25) is 0 Å². The van der Waals surface area contributed by atoms with Gasteiger partial charge in [-0.1, -0.05) is 76.8 Å². The van der Waals surface area contributed by atoms with Crippen LogP contribution in [0.3, 0.4) is 0 Å². The van der Waals surface area contributed by atoms with Gasteiger partial charge in [0, 0.05) is 37.1 Å². The number of thioether (sulfide) groups is 1. The predicted octanol–water partition coefficient (Wildman–Crippen LogP) is 3.14. The molecule has 2 aromatic rings. The second kappa shape index (κ2) is 25.9. The molecule has 24 nitrogen and oxygen atoms in total. The Balaban J connectivity index is 1.36. The summed E-state index contributed by atoms with van der Waals surface area (Å²) in [5, 5.41) is 26.6. The number of nitrogens with one attached hydrogen (secondary N) is 2. The molecule has 28 heteroatoms. The van der Waals surface area contributed by atoms with Crippen molar-refractivity contribution < 1.29 is 80.5 Å². The zero-order valence-corrected chi connectivity index (χ0v) is 38.8. The van der Waals surface area contributed by atoms with E-state index in [0.717, 1.165) is 67.5 Å². The minimum absolute atomic E-state index is 0.0327. The van der Waals surface area contributed by atoms with Gasteiger partial charge in [0.2, 0.25) is 11.8 Å². The fourth-order valence-electron chi connectivity index (χ4n) is 6.07. The minimum atomic E-state index is -5.57. The Morgan fingerprint density at radius 3 is 2.30 bits per heavy atom. The van der Waals surface area contributed by atoms with Crippen molar-refractivity contribution in [1.29, 1.82) is 0 Å². The smallest absolute Gasteiger partial charge is 0.386 e. The average molecular weight is 976 g/mol. The Morgan fingerprint density at radius 1 is 0.952 bits per heavy atom. The Bertz CT molecular complexity index is 1970. The number of rotatable bonds is 30. The SMILES string of the molecule is CC/C=C/CCCCCCCCCC(=O)SCCNC(=O)CCNC(=O)[C@H](O)C(C)(C)COP(=O)(O)OP(=O)(O)OC[C@H]1O[C@@H](n2cnc3c(N)ncnc32)[C@H](O)[C@@H]1OP(=O)(O)O. The topological polar surface area (TPSA) is 364 Å². The molecule has 2 amide bonds. The summed E-state index contributed by atoms with van der Waals surface area (Å²) in [6.07, 6.45) is 7.92.